The van der Waals surface area contributed by atoms with Crippen LogP contribution in [0.15, 0.2) is 36.5 Å². The number of ether oxygens (including phenoxy) is 1. The van der Waals surface area contributed by atoms with Crippen LogP contribution in [-0.4, -0.2) is 22.4 Å². The van der Waals surface area contributed by atoms with Crippen LogP contribution in [0.5, 0.6) is 5.75 Å². The molecule has 0 fully saturated rings. The zero-order valence-electron chi connectivity index (χ0n) is 10.2. The molecular weight excluding hydrogens is 294 g/mol. The van der Waals surface area contributed by atoms with E-state index in [0.29, 0.717) is 0 Å². The first kappa shape index (κ1) is 14.8. The van der Waals surface area contributed by atoms with Crippen molar-refractivity contribution in [3.05, 3.63) is 48.0 Å². The van der Waals surface area contributed by atoms with Crippen LogP contribution in [0.1, 0.15) is 10.4 Å². The second kappa shape index (κ2) is 5.39. The molecule has 2 rings (SSSR count). The number of hydrogen-bond acceptors (Lipinski definition) is 3. The molecule has 0 radical (unpaired) electrons. The molecule has 0 aliphatic carbocycles. The molecule has 8 heteroatoms. The molecule has 0 aliphatic rings. The molecule has 0 bridgehead atoms. The van der Waals surface area contributed by atoms with Crippen molar-refractivity contribution in [1.82, 2.24) is 4.98 Å². The Bertz CT molecular complexity index is 668. The predicted octanol–water partition coefficient (Wildman–Crippen LogP) is 3.48. The molecule has 0 saturated heterocycles. The van der Waals surface area contributed by atoms with Gasteiger partial charge in [0, 0.05) is 11.8 Å². The van der Waals surface area contributed by atoms with Crippen LogP contribution in [0, 0.1) is 5.95 Å². The Balaban J connectivity index is 2.34. The number of carboxylic acid groups (broad SMARTS) is 1. The van der Waals surface area contributed by atoms with Crippen LogP contribution in [0.25, 0.3) is 11.1 Å². The number of pyridine rings is 1. The van der Waals surface area contributed by atoms with Gasteiger partial charge in [-0.25, -0.2) is 9.78 Å². The number of aromatic nitrogens is 1. The summed E-state index contributed by atoms with van der Waals surface area (Å²) in [4.78, 5) is 14.1. The van der Waals surface area contributed by atoms with Crippen LogP contribution in [-0.2, 0) is 0 Å². The lowest BCUT2D eigenvalue weighted by Gasteiger charge is -2.09. The molecule has 0 amide bonds. The van der Waals surface area contributed by atoms with Gasteiger partial charge in [0.05, 0.1) is 5.56 Å². The number of rotatable bonds is 3. The summed E-state index contributed by atoms with van der Waals surface area (Å²) in [6.07, 6.45) is -3.97. The lowest BCUT2D eigenvalue weighted by Crippen LogP contribution is -2.16. The van der Waals surface area contributed by atoms with Gasteiger partial charge in [0.15, 0.2) is 0 Å². The molecule has 0 atom stereocenters. The summed E-state index contributed by atoms with van der Waals surface area (Å²) in [7, 11) is 0. The van der Waals surface area contributed by atoms with Crippen molar-refractivity contribution < 1.29 is 32.2 Å². The van der Waals surface area contributed by atoms with Gasteiger partial charge in [0.1, 0.15) is 5.75 Å². The highest BCUT2D eigenvalue weighted by Crippen LogP contribution is 2.27. The van der Waals surface area contributed by atoms with Crippen molar-refractivity contribution in [1.29, 1.82) is 0 Å². The lowest BCUT2D eigenvalue weighted by atomic mass is 10.1. The average molecular weight is 301 g/mol. The van der Waals surface area contributed by atoms with Crippen LogP contribution < -0.4 is 4.74 Å². The molecule has 21 heavy (non-hydrogen) atoms. The normalized spacial score (nSPS) is 11.2. The van der Waals surface area contributed by atoms with Crippen molar-refractivity contribution in [2.24, 2.45) is 0 Å². The molecule has 2 aromatic rings. The van der Waals surface area contributed by atoms with E-state index in [-0.39, 0.29) is 16.7 Å². The highest BCUT2D eigenvalue weighted by atomic mass is 19.4. The van der Waals surface area contributed by atoms with Gasteiger partial charge in [-0.3, -0.25) is 0 Å². The van der Waals surface area contributed by atoms with E-state index in [9.17, 15) is 22.4 Å². The van der Waals surface area contributed by atoms with Crippen LogP contribution >= 0.6 is 0 Å². The topological polar surface area (TPSA) is 59.4 Å². The smallest absolute Gasteiger partial charge is 0.478 e. The number of benzene rings is 1. The Morgan fingerprint density at radius 3 is 2.33 bits per heavy atom. The van der Waals surface area contributed by atoms with Crippen LogP contribution in [0.2, 0.25) is 0 Å². The van der Waals surface area contributed by atoms with Crippen molar-refractivity contribution in [2.45, 2.75) is 6.36 Å². The van der Waals surface area contributed by atoms with Gasteiger partial charge in [-0.15, -0.1) is 13.2 Å². The highest BCUT2D eigenvalue weighted by Gasteiger charge is 2.31. The first-order valence-electron chi connectivity index (χ1n) is 5.51. The minimum atomic E-state index is -4.82. The van der Waals surface area contributed by atoms with E-state index >= 15 is 0 Å². The third kappa shape index (κ3) is 3.68. The van der Waals surface area contributed by atoms with Gasteiger partial charge in [-0.05, 0) is 23.8 Å². The van der Waals surface area contributed by atoms with E-state index in [0.717, 1.165) is 24.4 Å². The molecule has 1 N–H and O–H groups in total. The predicted molar refractivity (Wildman–Crippen MR) is 63.3 cm³/mol. The molecule has 1 heterocycles. The Morgan fingerprint density at radius 1 is 1.19 bits per heavy atom. The maximum Gasteiger partial charge on any atom is 0.573 e. The highest BCUT2D eigenvalue weighted by molar-refractivity contribution is 5.88. The maximum atomic E-state index is 13.6. The zero-order chi connectivity index (χ0) is 15.6. The van der Waals surface area contributed by atoms with Gasteiger partial charge in [-0.2, -0.15) is 4.39 Å². The quantitative estimate of drug-likeness (QED) is 0.696. The maximum absolute atomic E-state index is 13.6. The minimum absolute atomic E-state index is 0.131. The molecule has 110 valence electrons. The molecule has 1 aromatic carbocycles. The molecule has 0 unspecified atom stereocenters. The molecule has 0 saturated carbocycles. The number of hydrogen-bond donors (Lipinski definition) is 1. The largest absolute Gasteiger partial charge is 0.573 e. The fourth-order valence-electron chi connectivity index (χ4n) is 1.60. The fraction of sp³-hybridized carbons (Fsp3) is 0.0769. The van der Waals surface area contributed by atoms with Gasteiger partial charge >= 0.3 is 12.3 Å². The van der Waals surface area contributed by atoms with E-state index < -0.39 is 24.0 Å². The monoisotopic (exact) mass is 301 g/mol. The Kier molecular flexibility index (Phi) is 3.79. The number of carbonyl (C=O) groups is 1. The Labute approximate surface area is 115 Å². The summed E-state index contributed by atoms with van der Waals surface area (Å²) in [6, 6.07) is 5.38. The molecule has 1 aromatic heterocycles. The van der Waals surface area contributed by atoms with Crippen molar-refractivity contribution >= 4 is 5.97 Å². The number of nitrogens with zero attached hydrogens (tertiary/aromatic N) is 1. The number of alkyl halides is 3. The van der Waals surface area contributed by atoms with Gasteiger partial charge in [0.25, 0.3) is 0 Å². The summed E-state index contributed by atoms with van der Waals surface area (Å²) in [6.45, 7) is 0. The second-order valence-corrected chi connectivity index (χ2v) is 3.94. The minimum Gasteiger partial charge on any atom is -0.478 e. The third-order valence-electron chi connectivity index (χ3n) is 2.48. The lowest BCUT2D eigenvalue weighted by molar-refractivity contribution is -0.274. The summed E-state index contributed by atoms with van der Waals surface area (Å²) >= 11 is 0. The van der Waals surface area contributed by atoms with E-state index in [4.69, 9.17) is 5.11 Å². The van der Waals surface area contributed by atoms with Crippen LogP contribution in [0.3, 0.4) is 0 Å². The fourth-order valence-corrected chi connectivity index (χ4v) is 1.60. The summed E-state index contributed by atoms with van der Waals surface area (Å²) in [5.41, 5.74) is -0.187. The summed E-state index contributed by atoms with van der Waals surface area (Å²) in [5, 5.41) is 8.81. The van der Waals surface area contributed by atoms with E-state index in [1.807, 2.05) is 0 Å². The third-order valence-corrected chi connectivity index (χ3v) is 2.48. The average Bonchev–Trinajstić information content (AvgIpc) is 2.38. The van der Waals surface area contributed by atoms with Crippen LogP contribution in [0.4, 0.5) is 17.6 Å². The molecule has 0 spiro atoms. The van der Waals surface area contributed by atoms with Gasteiger partial charge < -0.3 is 9.84 Å². The Morgan fingerprint density at radius 2 is 1.81 bits per heavy atom. The van der Waals surface area contributed by atoms with E-state index in [1.54, 1.807) is 0 Å². The number of carboxylic acids is 1. The molecule has 0 aliphatic heterocycles. The van der Waals surface area contributed by atoms with Crippen molar-refractivity contribution in [3.63, 3.8) is 0 Å². The van der Waals surface area contributed by atoms with Gasteiger partial charge in [-0.1, -0.05) is 12.1 Å². The molecule has 4 nitrogen and oxygen atoms in total. The summed E-state index contributed by atoms with van der Waals surface area (Å²) in [5.74, 6) is -2.68. The SMILES string of the molecule is O=C(O)c1cnc(F)c(-c2ccc(OC(F)(F)F)cc2)c1. The molecular formula is C13H7F4NO3. The first-order chi connectivity index (χ1) is 9.76. The first-order valence-corrected chi connectivity index (χ1v) is 5.51. The van der Waals surface area contributed by atoms with E-state index in [1.165, 1.54) is 12.1 Å². The van der Waals surface area contributed by atoms with Gasteiger partial charge in [0.2, 0.25) is 5.95 Å². The zero-order valence-corrected chi connectivity index (χ0v) is 10.2. The standard InChI is InChI=1S/C13H7F4NO3/c14-11-10(5-8(6-18-11)12(19)20)7-1-3-9(4-2-7)21-13(15,16)17/h1-6H,(H,19,20). The summed E-state index contributed by atoms with van der Waals surface area (Å²) < 4.78 is 53.3. The second-order valence-electron chi connectivity index (χ2n) is 3.94. The van der Waals surface area contributed by atoms with E-state index in [2.05, 4.69) is 9.72 Å². The van der Waals surface area contributed by atoms with Crippen molar-refractivity contribution in [2.75, 3.05) is 0 Å². The Hall–Kier alpha value is -2.64. The number of aromatic carboxylic acids is 1. The number of halogens is 4. The van der Waals surface area contributed by atoms with Crippen molar-refractivity contribution in [3.8, 4) is 16.9 Å².